The van der Waals surface area contributed by atoms with E-state index in [0.717, 1.165) is 77.5 Å². The van der Waals surface area contributed by atoms with Gasteiger partial charge in [-0.3, -0.25) is 0 Å². The Morgan fingerprint density at radius 3 is 1.47 bits per heavy atom. The van der Waals surface area contributed by atoms with Crippen LogP contribution in [0.3, 0.4) is 0 Å². The zero-order chi connectivity index (χ0) is 23.7. The van der Waals surface area contributed by atoms with E-state index in [1.165, 1.54) is 0 Å². The summed E-state index contributed by atoms with van der Waals surface area (Å²) in [4.78, 5) is 2.26. The van der Waals surface area contributed by atoms with E-state index in [-0.39, 0.29) is 12.2 Å². The molecule has 0 aliphatic heterocycles. The molecule has 2 atom stereocenters. The molecule has 32 heavy (non-hydrogen) atoms. The molecule has 0 amide bonds. The molecule has 0 aliphatic carbocycles. The Hall–Kier alpha value is -1.24. The van der Waals surface area contributed by atoms with E-state index in [1.54, 1.807) is 0 Å². The first-order valence-corrected chi connectivity index (χ1v) is 12.7. The Morgan fingerprint density at radius 1 is 0.656 bits per heavy atom. The fourth-order valence-electron chi connectivity index (χ4n) is 3.08. The number of nitrogens with one attached hydrogen (secondary N) is 2. The van der Waals surface area contributed by atoms with Gasteiger partial charge < -0.3 is 25.7 Å². The van der Waals surface area contributed by atoms with Crippen molar-refractivity contribution in [1.29, 1.82) is 0 Å². The molecule has 0 saturated heterocycles. The molecule has 0 aliphatic rings. The summed E-state index contributed by atoms with van der Waals surface area (Å²) in [5.41, 5.74) is 0. The van der Waals surface area contributed by atoms with E-state index in [0.29, 0.717) is 13.1 Å². The Balaban J connectivity index is 3.54. The lowest BCUT2D eigenvalue weighted by Crippen LogP contribution is -2.38. The quantitative estimate of drug-likeness (QED) is 0.147. The molecule has 0 heterocycles. The summed E-state index contributed by atoms with van der Waals surface area (Å²) >= 11 is 0. The third-order valence-corrected chi connectivity index (χ3v) is 5.12. The number of rotatable bonds is 22. The van der Waals surface area contributed by atoms with Crippen LogP contribution >= 0.6 is 0 Å². The molecule has 2 unspecified atom stereocenters. The summed E-state index contributed by atoms with van der Waals surface area (Å²) < 4.78 is 0. The number of hydrogen-bond donors (Lipinski definition) is 4. The molecule has 5 heteroatoms. The highest BCUT2D eigenvalue weighted by atomic mass is 16.3. The van der Waals surface area contributed by atoms with Crippen LogP contribution < -0.4 is 10.6 Å². The van der Waals surface area contributed by atoms with Crippen molar-refractivity contribution in [1.82, 2.24) is 15.5 Å². The van der Waals surface area contributed by atoms with Crippen LogP contribution in [0.1, 0.15) is 65.2 Å². The molecule has 0 rings (SSSR count). The summed E-state index contributed by atoms with van der Waals surface area (Å²) in [5.74, 6) is 0. The number of nitrogens with zero attached hydrogens (tertiary/aromatic N) is 1. The summed E-state index contributed by atoms with van der Waals surface area (Å²) in [6.45, 7) is 9.19. The Kier molecular flexibility index (Phi) is 23.5. The van der Waals surface area contributed by atoms with E-state index < -0.39 is 0 Å². The van der Waals surface area contributed by atoms with Crippen LogP contribution in [0.25, 0.3) is 0 Å². The number of aliphatic hydroxyl groups excluding tert-OH is 2. The van der Waals surface area contributed by atoms with Gasteiger partial charge in [0, 0.05) is 39.3 Å². The summed E-state index contributed by atoms with van der Waals surface area (Å²) in [5, 5.41) is 26.8. The second kappa shape index (κ2) is 24.4. The summed E-state index contributed by atoms with van der Waals surface area (Å²) in [6.07, 6.45) is 24.4. The predicted octanol–water partition coefficient (Wildman–Crippen LogP) is 4.20. The maximum Gasteiger partial charge on any atom is 0.0667 e. The van der Waals surface area contributed by atoms with Gasteiger partial charge in [0.05, 0.1) is 12.2 Å². The minimum Gasteiger partial charge on any atom is -0.392 e. The van der Waals surface area contributed by atoms with E-state index in [2.05, 4.69) is 85.0 Å². The molecule has 0 aromatic rings. The molecule has 0 saturated carbocycles. The van der Waals surface area contributed by atoms with Crippen molar-refractivity contribution in [2.75, 3.05) is 46.3 Å². The van der Waals surface area contributed by atoms with Crippen molar-refractivity contribution in [3.05, 3.63) is 48.6 Å². The standard InChI is InChI=1S/C27H51N3O2/c1-4-6-8-10-12-14-16-18-26(31)24-28-20-22-30(3)23-21-29-25-27(32)19-17-15-13-11-9-7-5-2/h6-9,12-15,26-29,31-32H,4-5,10-11,16-25H2,1-3H3/b8-6-,9-7-,14-12-,15-13-. The SMILES string of the molecule is CC/C=C\C/C=C\CCC(O)CNCCN(C)CCNCC(O)CC/C=C\C/C=C\CC. The van der Waals surface area contributed by atoms with Crippen molar-refractivity contribution in [3.63, 3.8) is 0 Å². The highest BCUT2D eigenvalue weighted by molar-refractivity contribution is 4.93. The van der Waals surface area contributed by atoms with Crippen molar-refractivity contribution < 1.29 is 10.2 Å². The van der Waals surface area contributed by atoms with Crippen LogP contribution in [0.5, 0.6) is 0 Å². The van der Waals surface area contributed by atoms with Gasteiger partial charge in [0.25, 0.3) is 0 Å². The molecule has 5 nitrogen and oxygen atoms in total. The maximum absolute atomic E-state index is 10.0. The maximum atomic E-state index is 10.0. The predicted molar refractivity (Wildman–Crippen MR) is 140 cm³/mol. The van der Waals surface area contributed by atoms with Gasteiger partial charge in [-0.1, -0.05) is 62.5 Å². The van der Waals surface area contributed by atoms with Gasteiger partial charge in [0.15, 0.2) is 0 Å². The van der Waals surface area contributed by atoms with Crippen LogP contribution in [0, 0.1) is 0 Å². The van der Waals surface area contributed by atoms with Gasteiger partial charge in [-0.2, -0.15) is 0 Å². The van der Waals surface area contributed by atoms with Gasteiger partial charge in [-0.25, -0.2) is 0 Å². The first kappa shape index (κ1) is 30.8. The number of hydrogen-bond acceptors (Lipinski definition) is 5. The lowest BCUT2D eigenvalue weighted by Gasteiger charge is -2.19. The molecule has 0 fully saturated rings. The topological polar surface area (TPSA) is 67.8 Å². The largest absolute Gasteiger partial charge is 0.392 e. The molecule has 186 valence electrons. The van der Waals surface area contributed by atoms with Crippen LogP contribution in [0.2, 0.25) is 0 Å². The summed E-state index contributed by atoms with van der Waals surface area (Å²) in [7, 11) is 2.10. The Morgan fingerprint density at radius 2 is 1.06 bits per heavy atom. The number of likely N-dealkylation sites (N-methyl/N-ethyl adjacent to an activating group) is 1. The smallest absolute Gasteiger partial charge is 0.0667 e. The van der Waals surface area contributed by atoms with E-state index in [4.69, 9.17) is 0 Å². The minimum absolute atomic E-state index is 0.290. The third-order valence-electron chi connectivity index (χ3n) is 5.12. The van der Waals surface area contributed by atoms with Crippen molar-refractivity contribution in [2.45, 2.75) is 77.4 Å². The first-order valence-electron chi connectivity index (χ1n) is 12.7. The molecule has 0 spiro atoms. The second-order valence-corrected chi connectivity index (χ2v) is 8.35. The molecule has 0 aromatic carbocycles. The number of aliphatic hydroxyl groups is 2. The third kappa shape index (κ3) is 23.4. The van der Waals surface area contributed by atoms with Crippen LogP contribution in [-0.2, 0) is 0 Å². The lowest BCUT2D eigenvalue weighted by molar-refractivity contribution is 0.159. The fourth-order valence-corrected chi connectivity index (χ4v) is 3.08. The first-order chi connectivity index (χ1) is 15.6. The van der Waals surface area contributed by atoms with Crippen molar-refractivity contribution in [3.8, 4) is 0 Å². The van der Waals surface area contributed by atoms with Crippen LogP contribution in [0.15, 0.2) is 48.6 Å². The molecular weight excluding hydrogens is 398 g/mol. The normalized spacial score (nSPS) is 14.7. The van der Waals surface area contributed by atoms with Gasteiger partial charge in [0.1, 0.15) is 0 Å². The Labute approximate surface area is 198 Å². The zero-order valence-corrected chi connectivity index (χ0v) is 21.0. The van der Waals surface area contributed by atoms with E-state index in [1.807, 2.05) is 0 Å². The van der Waals surface area contributed by atoms with Crippen LogP contribution in [0.4, 0.5) is 0 Å². The van der Waals surface area contributed by atoms with Crippen molar-refractivity contribution in [2.24, 2.45) is 0 Å². The number of allylic oxidation sites excluding steroid dienone is 8. The summed E-state index contributed by atoms with van der Waals surface area (Å²) in [6, 6.07) is 0. The highest BCUT2D eigenvalue weighted by Gasteiger charge is 2.04. The molecule has 0 radical (unpaired) electrons. The molecular formula is C27H51N3O2. The van der Waals surface area contributed by atoms with Gasteiger partial charge >= 0.3 is 0 Å². The van der Waals surface area contributed by atoms with E-state index in [9.17, 15) is 10.2 Å². The van der Waals surface area contributed by atoms with Gasteiger partial charge in [-0.05, 0) is 58.4 Å². The van der Waals surface area contributed by atoms with Gasteiger partial charge in [0.2, 0.25) is 0 Å². The van der Waals surface area contributed by atoms with Crippen molar-refractivity contribution >= 4 is 0 Å². The lowest BCUT2D eigenvalue weighted by atomic mass is 10.2. The van der Waals surface area contributed by atoms with Crippen LogP contribution in [-0.4, -0.2) is 73.6 Å². The molecule has 0 aromatic heterocycles. The van der Waals surface area contributed by atoms with Gasteiger partial charge in [-0.15, -0.1) is 0 Å². The van der Waals surface area contributed by atoms with E-state index >= 15 is 0 Å². The monoisotopic (exact) mass is 449 g/mol. The highest BCUT2D eigenvalue weighted by Crippen LogP contribution is 2.00. The fraction of sp³-hybridized carbons (Fsp3) is 0.704. The second-order valence-electron chi connectivity index (χ2n) is 8.35. The minimum atomic E-state index is -0.290. The Bertz CT molecular complexity index is 459. The molecule has 0 bridgehead atoms. The average molecular weight is 450 g/mol. The zero-order valence-electron chi connectivity index (χ0n) is 21.0. The molecule has 4 N–H and O–H groups in total. The average Bonchev–Trinajstić information content (AvgIpc) is 2.78.